The van der Waals surface area contributed by atoms with Crippen LogP contribution in [-0.2, 0) is 24.1 Å². The first-order chi connectivity index (χ1) is 11.9. The monoisotopic (exact) mass is 324 g/mol. The van der Waals surface area contributed by atoms with E-state index in [9.17, 15) is 0 Å². The second kappa shape index (κ2) is 6.97. The molecule has 6 heteroatoms. The van der Waals surface area contributed by atoms with Crippen LogP contribution < -0.4 is 0 Å². The predicted molar refractivity (Wildman–Crippen MR) is 87.2 cm³/mol. The Morgan fingerprint density at radius 2 is 2.04 bits per heavy atom. The zero-order chi connectivity index (χ0) is 16.2. The summed E-state index contributed by atoms with van der Waals surface area (Å²) >= 11 is 0. The van der Waals surface area contributed by atoms with Crippen LogP contribution in [0.3, 0.4) is 0 Å². The SMILES string of the molecule is c1ccc(CCc2noc([C@H]3OCC[C@H]3Cn3cccn3)n2)cc1. The van der Waals surface area contributed by atoms with Crippen molar-refractivity contribution in [3.63, 3.8) is 0 Å². The van der Waals surface area contributed by atoms with E-state index in [1.54, 1.807) is 6.20 Å². The molecular weight excluding hydrogens is 304 g/mol. The summed E-state index contributed by atoms with van der Waals surface area (Å²) in [5, 5.41) is 8.39. The highest BCUT2D eigenvalue weighted by Gasteiger charge is 2.34. The van der Waals surface area contributed by atoms with E-state index >= 15 is 0 Å². The molecule has 0 N–H and O–H groups in total. The second-order valence-electron chi connectivity index (χ2n) is 6.10. The summed E-state index contributed by atoms with van der Waals surface area (Å²) in [6.45, 7) is 1.53. The van der Waals surface area contributed by atoms with Crippen LogP contribution in [0.1, 0.15) is 29.8 Å². The standard InChI is InChI=1S/C18H20N4O2/c1-2-5-14(6-3-1)7-8-16-20-18(24-21-16)17-15(9-12-23-17)13-22-11-4-10-19-22/h1-6,10-11,15,17H,7-9,12-13H2/t15-,17-/m0/s1. The summed E-state index contributed by atoms with van der Waals surface area (Å²) in [6, 6.07) is 12.3. The van der Waals surface area contributed by atoms with Crippen molar-refractivity contribution in [2.75, 3.05) is 6.61 Å². The van der Waals surface area contributed by atoms with Gasteiger partial charge in [-0.05, 0) is 24.5 Å². The average molecular weight is 324 g/mol. The number of aryl methyl sites for hydroxylation is 2. The van der Waals surface area contributed by atoms with Crippen LogP contribution in [0.4, 0.5) is 0 Å². The minimum absolute atomic E-state index is 0.132. The maximum Gasteiger partial charge on any atom is 0.256 e. The van der Waals surface area contributed by atoms with Crippen LogP contribution in [0, 0.1) is 5.92 Å². The summed E-state index contributed by atoms with van der Waals surface area (Å²) in [5.74, 6) is 1.64. The fraction of sp³-hybridized carbons (Fsp3) is 0.389. The molecule has 0 unspecified atom stereocenters. The molecule has 3 aromatic rings. The van der Waals surface area contributed by atoms with E-state index in [-0.39, 0.29) is 6.10 Å². The van der Waals surface area contributed by atoms with Crippen molar-refractivity contribution in [1.29, 1.82) is 0 Å². The van der Waals surface area contributed by atoms with Crippen molar-refractivity contribution in [3.05, 3.63) is 66.1 Å². The molecule has 0 spiro atoms. The van der Waals surface area contributed by atoms with Gasteiger partial charge in [-0.3, -0.25) is 4.68 Å². The van der Waals surface area contributed by atoms with Crippen molar-refractivity contribution in [1.82, 2.24) is 19.9 Å². The number of nitrogens with zero attached hydrogens (tertiary/aromatic N) is 4. The van der Waals surface area contributed by atoms with Crippen LogP contribution in [0.2, 0.25) is 0 Å². The van der Waals surface area contributed by atoms with Gasteiger partial charge < -0.3 is 9.26 Å². The summed E-state index contributed by atoms with van der Waals surface area (Å²) in [7, 11) is 0. The van der Waals surface area contributed by atoms with Gasteiger partial charge in [0.25, 0.3) is 5.89 Å². The van der Waals surface area contributed by atoms with E-state index in [1.807, 2.05) is 35.1 Å². The van der Waals surface area contributed by atoms with Crippen molar-refractivity contribution in [3.8, 4) is 0 Å². The molecule has 0 radical (unpaired) electrons. The Morgan fingerprint density at radius 1 is 1.12 bits per heavy atom. The Labute approximate surface area is 140 Å². The number of ether oxygens (including phenoxy) is 1. The second-order valence-corrected chi connectivity index (χ2v) is 6.10. The van der Waals surface area contributed by atoms with Gasteiger partial charge in [-0.2, -0.15) is 10.1 Å². The third-order valence-corrected chi connectivity index (χ3v) is 4.40. The van der Waals surface area contributed by atoms with Gasteiger partial charge >= 0.3 is 0 Å². The Morgan fingerprint density at radius 3 is 2.88 bits per heavy atom. The lowest BCUT2D eigenvalue weighted by Gasteiger charge is -2.14. The first kappa shape index (κ1) is 15.1. The maximum atomic E-state index is 5.84. The molecule has 2 aromatic heterocycles. The molecule has 1 aromatic carbocycles. The number of hydrogen-bond donors (Lipinski definition) is 0. The number of hydrogen-bond acceptors (Lipinski definition) is 5. The van der Waals surface area contributed by atoms with Gasteiger partial charge in [0, 0.05) is 37.9 Å². The van der Waals surface area contributed by atoms with E-state index < -0.39 is 0 Å². The smallest absolute Gasteiger partial charge is 0.256 e. The molecule has 1 aliphatic rings. The normalized spacial score (nSPS) is 20.5. The van der Waals surface area contributed by atoms with E-state index in [2.05, 4.69) is 27.4 Å². The Bertz CT molecular complexity index is 754. The van der Waals surface area contributed by atoms with Crippen molar-refractivity contribution in [2.45, 2.75) is 31.9 Å². The van der Waals surface area contributed by atoms with Gasteiger partial charge in [0.2, 0.25) is 0 Å². The third kappa shape index (κ3) is 3.38. The lowest BCUT2D eigenvalue weighted by atomic mass is 10.0. The topological polar surface area (TPSA) is 66.0 Å². The maximum absolute atomic E-state index is 5.84. The Balaban J connectivity index is 1.40. The first-order valence-electron chi connectivity index (χ1n) is 8.34. The molecule has 0 saturated carbocycles. The molecule has 4 rings (SSSR count). The van der Waals surface area contributed by atoms with Crippen molar-refractivity contribution < 1.29 is 9.26 Å². The van der Waals surface area contributed by atoms with E-state index in [4.69, 9.17) is 9.26 Å². The Hall–Kier alpha value is -2.47. The molecule has 24 heavy (non-hydrogen) atoms. The minimum Gasteiger partial charge on any atom is -0.368 e. The van der Waals surface area contributed by atoms with Gasteiger partial charge in [0.15, 0.2) is 5.82 Å². The third-order valence-electron chi connectivity index (χ3n) is 4.40. The van der Waals surface area contributed by atoms with Crippen LogP contribution >= 0.6 is 0 Å². The first-order valence-corrected chi connectivity index (χ1v) is 8.34. The number of benzene rings is 1. The summed E-state index contributed by atoms with van der Waals surface area (Å²) in [6.07, 6.45) is 6.28. The van der Waals surface area contributed by atoms with Crippen molar-refractivity contribution >= 4 is 0 Å². The van der Waals surface area contributed by atoms with Crippen LogP contribution in [0.25, 0.3) is 0 Å². The molecular formula is C18H20N4O2. The van der Waals surface area contributed by atoms with Gasteiger partial charge in [0.1, 0.15) is 6.10 Å². The summed E-state index contributed by atoms with van der Waals surface area (Å²) in [4.78, 5) is 4.55. The molecule has 1 saturated heterocycles. The molecule has 1 fully saturated rings. The highest BCUT2D eigenvalue weighted by Crippen LogP contribution is 2.34. The van der Waals surface area contributed by atoms with E-state index in [0.717, 1.165) is 38.2 Å². The predicted octanol–water partition coefficient (Wildman–Crippen LogP) is 2.83. The molecule has 6 nitrogen and oxygen atoms in total. The van der Waals surface area contributed by atoms with E-state index in [0.29, 0.717) is 11.8 Å². The van der Waals surface area contributed by atoms with Gasteiger partial charge in [-0.25, -0.2) is 0 Å². The molecule has 2 atom stereocenters. The minimum atomic E-state index is -0.132. The molecule has 124 valence electrons. The lowest BCUT2D eigenvalue weighted by molar-refractivity contribution is 0.0578. The van der Waals surface area contributed by atoms with Gasteiger partial charge in [0.05, 0.1) is 0 Å². The van der Waals surface area contributed by atoms with Gasteiger partial charge in [-0.1, -0.05) is 35.5 Å². The molecule has 3 heterocycles. The highest BCUT2D eigenvalue weighted by molar-refractivity contribution is 5.15. The summed E-state index contributed by atoms with van der Waals surface area (Å²) < 4.78 is 13.2. The molecule has 0 amide bonds. The molecule has 0 bridgehead atoms. The quantitative estimate of drug-likeness (QED) is 0.697. The zero-order valence-electron chi connectivity index (χ0n) is 13.4. The fourth-order valence-electron chi connectivity index (χ4n) is 3.13. The Kier molecular flexibility index (Phi) is 4.38. The summed E-state index contributed by atoms with van der Waals surface area (Å²) in [5.41, 5.74) is 1.28. The van der Waals surface area contributed by atoms with Crippen LogP contribution in [0.15, 0.2) is 53.3 Å². The molecule has 1 aliphatic heterocycles. The van der Waals surface area contributed by atoms with E-state index in [1.165, 1.54) is 5.56 Å². The van der Waals surface area contributed by atoms with Crippen LogP contribution in [-0.4, -0.2) is 26.5 Å². The van der Waals surface area contributed by atoms with Gasteiger partial charge in [-0.15, -0.1) is 0 Å². The zero-order valence-corrected chi connectivity index (χ0v) is 13.4. The van der Waals surface area contributed by atoms with Crippen LogP contribution in [0.5, 0.6) is 0 Å². The highest BCUT2D eigenvalue weighted by atomic mass is 16.5. The number of aromatic nitrogens is 4. The van der Waals surface area contributed by atoms with Crippen molar-refractivity contribution in [2.24, 2.45) is 5.92 Å². The lowest BCUT2D eigenvalue weighted by Crippen LogP contribution is -2.15. The largest absolute Gasteiger partial charge is 0.368 e. The fourth-order valence-corrected chi connectivity index (χ4v) is 3.13. The average Bonchev–Trinajstić information content (AvgIpc) is 3.36. The number of rotatable bonds is 6. The molecule has 0 aliphatic carbocycles.